The summed E-state index contributed by atoms with van der Waals surface area (Å²) in [5, 5.41) is 16.5. The van der Waals surface area contributed by atoms with Crippen LogP contribution >= 0.6 is 11.8 Å². The zero-order valence-corrected chi connectivity index (χ0v) is 20.3. The van der Waals surface area contributed by atoms with Gasteiger partial charge in [0, 0.05) is 18.4 Å². The van der Waals surface area contributed by atoms with Crippen LogP contribution in [0, 0.1) is 0 Å². The Bertz CT molecular complexity index is 929. The Kier molecular flexibility index (Phi) is 10.7. The molecule has 10 heteroatoms. The molecule has 182 valence electrons. The number of nitrogens with zero attached hydrogens (tertiary/aromatic N) is 2. The van der Waals surface area contributed by atoms with Crippen LogP contribution in [0.4, 0.5) is 0 Å². The fourth-order valence-electron chi connectivity index (χ4n) is 3.03. The first-order chi connectivity index (χ1) is 15.8. The van der Waals surface area contributed by atoms with Crippen molar-refractivity contribution in [2.75, 3.05) is 25.6 Å². The van der Waals surface area contributed by atoms with Crippen molar-refractivity contribution in [2.24, 2.45) is 10.1 Å². The third kappa shape index (κ3) is 8.04. The van der Waals surface area contributed by atoms with Gasteiger partial charge in [-0.05, 0) is 33.1 Å². The number of amides is 1. The van der Waals surface area contributed by atoms with Crippen LogP contribution in [0.1, 0.15) is 58.3 Å². The van der Waals surface area contributed by atoms with Gasteiger partial charge in [-0.1, -0.05) is 31.2 Å². The van der Waals surface area contributed by atoms with Crippen LogP contribution in [0.2, 0.25) is 0 Å². The number of thioether (sulfide) groups is 1. The van der Waals surface area contributed by atoms with Gasteiger partial charge in [0.25, 0.3) is 0 Å². The van der Waals surface area contributed by atoms with E-state index < -0.39 is 17.2 Å². The Morgan fingerprint density at radius 3 is 2.97 bits per heavy atom. The number of aliphatic hydroxyl groups excluding tert-OH is 1. The Balaban J connectivity index is 2.12. The van der Waals surface area contributed by atoms with Gasteiger partial charge in [-0.15, -0.1) is 11.8 Å². The maximum Gasteiger partial charge on any atom is 0.339 e. The summed E-state index contributed by atoms with van der Waals surface area (Å²) in [6.45, 7) is 9.92. The number of ether oxygens (including phenoxy) is 1. The molecule has 33 heavy (non-hydrogen) atoms. The van der Waals surface area contributed by atoms with E-state index in [9.17, 15) is 9.59 Å². The van der Waals surface area contributed by atoms with Crippen molar-refractivity contribution < 1.29 is 23.9 Å². The molecule has 0 saturated heterocycles. The molecule has 0 aliphatic carbocycles. The first-order valence-corrected chi connectivity index (χ1v) is 12.0. The van der Waals surface area contributed by atoms with E-state index >= 15 is 0 Å². The predicted molar refractivity (Wildman–Crippen MR) is 130 cm³/mol. The highest BCUT2D eigenvalue weighted by molar-refractivity contribution is 8.16. The fourth-order valence-corrected chi connectivity index (χ4v) is 4.16. The number of hydrogen-bond acceptors (Lipinski definition) is 9. The van der Waals surface area contributed by atoms with Gasteiger partial charge in [-0.3, -0.25) is 9.79 Å². The zero-order chi connectivity index (χ0) is 24.3. The quantitative estimate of drug-likeness (QED) is 0.182. The van der Waals surface area contributed by atoms with Crippen LogP contribution in [0.15, 0.2) is 44.1 Å². The monoisotopic (exact) mass is 479 g/mol. The normalized spacial score (nSPS) is 19.0. The Morgan fingerprint density at radius 1 is 1.48 bits per heavy atom. The second-order valence-corrected chi connectivity index (χ2v) is 8.81. The minimum atomic E-state index is -0.989. The second-order valence-electron chi connectivity index (χ2n) is 7.85. The lowest BCUT2D eigenvalue weighted by Gasteiger charge is -2.24. The van der Waals surface area contributed by atoms with E-state index in [0.29, 0.717) is 53.9 Å². The molecular weight excluding hydrogens is 446 g/mol. The smallest absolute Gasteiger partial charge is 0.339 e. The number of hydrogen-bond donors (Lipinski definition) is 2. The standard InChI is InChI=1S/C23H33N3O6S/c1-5-9-18(19-13-17(30-11-6-2)14-20(28)32-19)24-22(29)23(4)15-33-21(25-23)16(3)26-31-12-8-7-10-27/h6,13-14,18,27H,2,5,7-12,15H2,1,3-4H3,(H,24,29)/b26-16+/t18-,23?/m1/s1. The van der Waals surface area contributed by atoms with E-state index in [2.05, 4.69) is 22.0 Å². The minimum Gasteiger partial charge on any atom is -0.489 e. The lowest BCUT2D eigenvalue weighted by Crippen LogP contribution is -2.45. The molecule has 0 bridgehead atoms. The van der Waals surface area contributed by atoms with Crippen molar-refractivity contribution in [3.63, 3.8) is 0 Å². The Labute approximate surface area is 198 Å². The van der Waals surface area contributed by atoms with Gasteiger partial charge in [0.2, 0.25) is 5.91 Å². The van der Waals surface area contributed by atoms with Crippen LogP contribution in [0.5, 0.6) is 5.75 Å². The molecule has 0 radical (unpaired) electrons. The average molecular weight is 480 g/mol. The average Bonchev–Trinajstić information content (AvgIpc) is 3.20. The molecule has 1 aliphatic rings. The molecule has 1 unspecified atom stereocenters. The number of aliphatic hydroxyl groups is 1. The van der Waals surface area contributed by atoms with Crippen molar-refractivity contribution in [2.45, 2.75) is 58.0 Å². The molecule has 0 aromatic carbocycles. The number of carbonyl (C=O) groups is 1. The Morgan fingerprint density at radius 2 is 2.27 bits per heavy atom. The molecule has 2 atom stereocenters. The van der Waals surface area contributed by atoms with Gasteiger partial charge in [0.15, 0.2) is 0 Å². The van der Waals surface area contributed by atoms with Crippen molar-refractivity contribution in [1.29, 1.82) is 0 Å². The van der Waals surface area contributed by atoms with E-state index in [1.807, 2.05) is 6.92 Å². The van der Waals surface area contributed by atoms with Crippen molar-refractivity contribution >= 4 is 28.4 Å². The lowest BCUT2D eigenvalue weighted by atomic mass is 10.0. The SMILES string of the molecule is C=CCOc1cc([C@@H](CCC)NC(=O)C2(C)CSC(/C(C)=N/OCCCCO)=N2)oc(=O)c1. The number of nitrogens with one attached hydrogen (secondary N) is 1. The number of unbranched alkanes of at least 4 members (excludes halogenated alkanes) is 1. The van der Waals surface area contributed by atoms with Gasteiger partial charge in [-0.2, -0.15) is 0 Å². The van der Waals surface area contributed by atoms with Gasteiger partial charge in [0.05, 0.1) is 12.1 Å². The van der Waals surface area contributed by atoms with E-state index in [1.54, 1.807) is 26.0 Å². The molecule has 2 heterocycles. The van der Waals surface area contributed by atoms with Crippen molar-refractivity contribution in [3.05, 3.63) is 41.0 Å². The van der Waals surface area contributed by atoms with E-state index in [-0.39, 0.29) is 19.1 Å². The van der Waals surface area contributed by atoms with Gasteiger partial charge in [-0.25, -0.2) is 4.79 Å². The first kappa shape index (κ1) is 26.7. The van der Waals surface area contributed by atoms with E-state index in [1.165, 1.54) is 17.8 Å². The maximum atomic E-state index is 13.2. The highest BCUT2D eigenvalue weighted by atomic mass is 32.2. The molecule has 1 aromatic heterocycles. The maximum absolute atomic E-state index is 13.2. The third-order valence-electron chi connectivity index (χ3n) is 4.84. The molecule has 1 aromatic rings. The summed E-state index contributed by atoms with van der Waals surface area (Å²) < 4.78 is 10.8. The highest BCUT2D eigenvalue weighted by Crippen LogP contribution is 2.30. The van der Waals surface area contributed by atoms with Crippen LogP contribution in [-0.2, 0) is 9.63 Å². The predicted octanol–water partition coefficient (Wildman–Crippen LogP) is 3.23. The second kappa shape index (κ2) is 13.2. The van der Waals surface area contributed by atoms with Crippen molar-refractivity contribution in [3.8, 4) is 5.75 Å². The zero-order valence-electron chi connectivity index (χ0n) is 19.5. The van der Waals surface area contributed by atoms with Crippen LogP contribution in [0.3, 0.4) is 0 Å². The topological polar surface area (TPSA) is 123 Å². The molecule has 0 saturated carbocycles. The molecule has 2 rings (SSSR count). The summed E-state index contributed by atoms with van der Waals surface area (Å²) in [4.78, 5) is 35.1. The summed E-state index contributed by atoms with van der Waals surface area (Å²) in [5.41, 5.74) is -0.934. The van der Waals surface area contributed by atoms with Crippen LogP contribution < -0.4 is 15.7 Å². The van der Waals surface area contributed by atoms with Gasteiger partial charge >= 0.3 is 5.63 Å². The van der Waals surface area contributed by atoms with Crippen molar-refractivity contribution in [1.82, 2.24) is 5.32 Å². The first-order valence-electron chi connectivity index (χ1n) is 11.0. The fraction of sp³-hybridized carbons (Fsp3) is 0.565. The number of oxime groups is 1. The summed E-state index contributed by atoms with van der Waals surface area (Å²) in [7, 11) is 0. The van der Waals surface area contributed by atoms with Gasteiger partial charge in [0.1, 0.15) is 41.0 Å². The van der Waals surface area contributed by atoms with E-state index in [0.717, 1.165) is 6.42 Å². The van der Waals surface area contributed by atoms with Gasteiger partial charge < -0.3 is 24.4 Å². The van der Waals surface area contributed by atoms with E-state index in [4.69, 9.17) is 19.1 Å². The highest BCUT2D eigenvalue weighted by Gasteiger charge is 2.40. The Hall–Kier alpha value is -2.59. The molecule has 9 nitrogen and oxygen atoms in total. The molecule has 1 amide bonds. The minimum absolute atomic E-state index is 0.122. The summed E-state index contributed by atoms with van der Waals surface area (Å²) in [6, 6.07) is 2.39. The number of rotatable bonds is 14. The van der Waals surface area contributed by atoms with Crippen LogP contribution in [0.25, 0.3) is 0 Å². The third-order valence-corrected chi connectivity index (χ3v) is 6.21. The van der Waals surface area contributed by atoms with Crippen LogP contribution in [-0.4, -0.2) is 52.9 Å². The molecule has 1 aliphatic heterocycles. The summed E-state index contributed by atoms with van der Waals surface area (Å²) in [5.74, 6) is 0.895. The molecule has 2 N–H and O–H groups in total. The molecule has 0 fully saturated rings. The summed E-state index contributed by atoms with van der Waals surface area (Å²) in [6.07, 6.45) is 4.30. The molecule has 0 spiro atoms. The summed E-state index contributed by atoms with van der Waals surface area (Å²) >= 11 is 1.44. The molecular formula is C23H33N3O6S. The number of carbonyl (C=O) groups excluding carboxylic acids is 1. The number of aliphatic imine (C=N–C) groups is 1. The lowest BCUT2D eigenvalue weighted by molar-refractivity contribution is -0.125. The largest absolute Gasteiger partial charge is 0.489 e.